The van der Waals surface area contributed by atoms with Crippen LogP contribution in [0.4, 0.5) is 0 Å². The third-order valence-electron chi connectivity index (χ3n) is 13.3. The van der Waals surface area contributed by atoms with Crippen LogP contribution < -0.4 is 0 Å². The van der Waals surface area contributed by atoms with Crippen molar-refractivity contribution in [2.24, 2.45) is 22.7 Å². The van der Waals surface area contributed by atoms with E-state index in [9.17, 15) is 14.4 Å². The number of fused-ring (bicyclic) bond motifs is 2. The molecule has 0 N–H and O–H groups in total. The first-order chi connectivity index (χ1) is 25.4. The first-order valence-electron chi connectivity index (χ1n) is 22.6. The van der Waals surface area contributed by atoms with Gasteiger partial charge in [0.15, 0.2) is 0 Å². The number of carbonyl (C=O) groups excluding carboxylic acids is 3. The lowest BCUT2D eigenvalue weighted by molar-refractivity contribution is -0.157. The quantitative estimate of drug-likeness (QED) is 0.0375. The molecule has 2 aliphatic rings. The van der Waals surface area contributed by atoms with Crippen LogP contribution in [0.3, 0.4) is 0 Å². The fraction of sp³-hybridized carbons (Fsp3) is 0.935. The first-order valence-corrected chi connectivity index (χ1v) is 22.6. The normalized spacial score (nSPS) is 21.0. The third-order valence-corrected chi connectivity index (χ3v) is 13.3. The van der Waals surface area contributed by atoms with E-state index in [0.717, 1.165) is 103 Å². The third kappa shape index (κ3) is 18.7. The lowest BCUT2D eigenvalue weighted by atomic mass is 9.70. The molecular weight excluding hydrogens is 663 g/mol. The van der Waals surface area contributed by atoms with Gasteiger partial charge in [-0.3, -0.25) is 14.4 Å². The number of hydrogen-bond acceptors (Lipinski definition) is 7. The molecule has 0 amide bonds. The smallest absolute Gasteiger partial charge is 0.306 e. The summed E-state index contributed by atoms with van der Waals surface area (Å²) < 4.78 is 17.7. The van der Waals surface area contributed by atoms with Crippen molar-refractivity contribution in [1.82, 2.24) is 4.90 Å². The number of esters is 3. The summed E-state index contributed by atoms with van der Waals surface area (Å²) in [6.45, 7) is 13.0. The lowest BCUT2D eigenvalue weighted by Gasteiger charge is -2.38. The minimum Gasteiger partial charge on any atom is -0.466 e. The first kappa shape index (κ1) is 47.5. The zero-order valence-corrected chi connectivity index (χ0v) is 35.9. The van der Waals surface area contributed by atoms with Crippen molar-refractivity contribution in [3.05, 3.63) is 0 Å². The van der Waals surface area contributed by atoms with Gasteiger partial charge >= 0.3 is 17.9 Å². The fourth-order valence-electron chi connectivity index (χ4n) is 9.13. The molecule has 7 nitrogen and oxygen atoms in total. The molecule has 2 unspecified atom stereocenters. The molecule has 0 aromatic carbocycles. The predicted molar refractivity (Wildman–Crippen MR) is 219 cm³/mol. The topological polar surface area (TPSA) is 82.1 Å². The van der Waals surface area contributed by atoms with Crippen LogP contribution in [-0.2, 0) is 28.6 Å². The molecule has 53 heavy (non-hydrogen) atoms. The van der Waals surface area contributed by atoms with Crippen molar-refractivity contribution in [2.45, 2.75) is 227 Å². The highest BCUT2D eigenvalue weighted by atomic mass is 16.5. The van der Waals surface area contributed by atoms with Crippen LogP contribution in [0.5, 0.6) is 0 Å². The maximum absolute atomic E-state index is 12.7. The van der Waals surface area contributed by atoms with Gasteiger partial charge < -0.3 is 19.1 Å². The van der Waals surface area contributed by atoms with Gasteiger partial charge in [0, 0.05) is 24.7 Å². The summed E-state index contributed by atoms with van der Waals surface area (Å²) in [4.78, 5) is 39.8. The maximum atomic E-state index is 12.7. The Morgan fingerprint density at radius 2 is 1.17 bits per heavy atom. The Balaban J connectivity index is 1.59. The van der Waals surface area contributed by atoms with Crippen molar-refractivity contribution in [3.63, 3.8) is 0 Å². The molecular formula is C46H85NO6. The van der Waals surface area contributed by atoms with E-state index in [1.165, 1.54) is 64.2 Å². The molecule has 2 saturated carbocycles. The van der Waals surface area contributed by atoms with Gasteiger partial charge in [-0.05, 0) is 109 Å². The van der Waals surface area contributed by atoms with Crippen molar-refractivity contribution in [2.75, 3.05) is 27.2 Å². The standard InChI is InChI=1S/C46H85NO6/c1-8-10-18-25-38(26-19-11-9-2)33-36-51-42(48)29-22-16-12-14-20-27-40(52-43(49)31-24-35-47(6)7)28-21-15-13-17-23-30-44(50)53-41-37-39-32-34-46(41,5)45(39,3)4/h38-41H,8-37H2,1-7H3/t39-,40?,41?,46+/m1/s1. The summed E-state index contributed by atoms with van der Waals surface area (Å²) in [5, 5.41) is 0. The molecule has 0 aliphatic heterocycles. The van der Waals surface area contributed by atoms with Crippen LogP contribution in [-0.4, -0.2) is 62.3 Å². The summed E-state index contributed by atoms with van der Waals surface area (Å²) in [6, 6.07) is 0. The SMILES string of the molecule is CCCCCC(CCCCC)CCOC(=O)CCCCCCCC(CCCCCCCC(=O)OC1C[C@H]2CC[C@]1(C)C2(C)C)OC(=O)CCCN(C)C. The van der Waals surface area contributed by atoms with Crippen LogP contribution in [0.1, 0.15) is 214 Å². The molecule has 0 radical (unpaired) electrons. The predicted octanol–water partition coefficient (Wildman–Crippen LogP) is 12.2. The minimum atomic E-state index is -0.0742. The van der Waals surface area contributed by atoms with E-state index in [-0.39, 0.29) is 40.9 Å². The van der Waals surface area contributed by atoms with Crippen molar-refractivity contribution < 1.29 is 28.6 Å². The molecule has 0 aromatic heterocycles. The summed E-state index contributed by atoms with van der Waals surface area (Å²) in [7, 11) is 4.06. The molecule has 0 aromatic rings. The average Bonchev–Trinajstić information content (AvgIpc) is 3.44. The van der Waals surface area contributed by atoms with Gasteiger partial charge in [0.25, 0.3) is 0 Å². The van der Waals surface area contributed by atoms with Crippen molar-refractivity contribution in [1.29, 1.82) is 0 Å². The second kappa shape index (κ2) is 27.0. The van der Waals surface area contributed by atoms with Crippen LogP contribution in [0.15, 0.2) is 0 Å². The summed E-state index contributed by atoms with van der Waals surface area (Å²) in [5.74, 6) is 1.24. The Hall–Kier alpha value is -1.63. The number of nitrogens with zero attached hydrogens (tertiary/aromatic N) is 1. The van der Waals surface area contributed by atoms with Crippen LogP contribution in [0.25, 0.3) is 0 Å². The molecule has 0 spiro atoms. The molecule has 2 rings (SSSR count). The van der Waals surface area contributed by atoms with Crippen LogP contribution in [0.2, 0.25) is 0 Å². The summed E-state index contributed by atoms with van der Waals surface area (Å²) >= 11 is 0. The van der Waals surface area contributed by atoms with Gasteiger partial charge in [-0.2, -0.15) is 0 Å². The number of rotatable bonds is 33. The van der Waals surface area contributed by atoms with Gasteiger partial charge in [-0.25, -0.2) is 0 Å². The highest BCUT2D eigenvalue weighted by Gasteiger charge is 2.62. The van der Waals surface area contributed by atoms with E-state index in [1.807, 2.05) is 14.1 Å². The number of ether oxygens (including phenoxy) is 3. The number of unbranched alkanes of at least 4 members (excludes halogenated alkanes) is 12. The molecule has 0 heterocycles. The van der Waals surface area contributed by atoms with Gasteiger partial charge in [0.05, 0.1) is 6.61 Å². The highest BCUT2D eigenvalue weighted by molar-refractivity contribution is 5.70. The number of carbonyl (C=O) groups is 3. The van der Waals surface area contributed by atoms with Gasteiger partial charge in [-0.15, -0.1) is 0 Å². The van der Waals surface area contributed by atoms with Crippen LogP contribution >= 0.6 is 0 Å². The Bertz CT molecular complexity index is 987. The summed E-state index contributed by atoms with van der Waals surface area (Å²) in [6.07, 6.45) is 29.2. The van der Waals surface area contributed by atoms with E-state index >= 15 is 0 Å². The molecule has 310 valence electrons. The Morgan fingerprint density at radius 3 is 1.70 bits per heavy atom. The molecule has 2 aliphatic carbocycles. The van der Waals surface area contributed by atoms with Gasteiger partial charge in [-0.1, -0.05) is 125 Å². The van der Waals surface area contributed by atoms with E-state index in [0.29, 0.717) is 37.7 Å². The largest absolute Gasteiger partial charge is 0.466 e. The highest BCUT2D eigenvalue weighted by Crippen LogP contribution is 2.66. The minimum absolute atomic E-state index is 0.0181. The second-order valence-corrected chi connectivity index (χ2v) is 18.1. The zero-order chi connectivity index (χ0) is 39.0. The van der Waals surface area contributed by atoms with E-state index in [2.05, 4.69) is 39.5 Å². The second-order valence-electron chi connectivity index (χ2n) is 18.1. The lowest BCUT2D eigenvalue weighted by Crippen LogP contribution is -2.38. The van der Waals surface area contributed by atoms with E-state index in [1.54, 1.807) is 0 Å². The molecule has 4 atom stereocenters. The Kier molecular flexibility index (Phi) is 24.3. The van der Waals surface area contributed by atoms with Gasteiger partial charge in [0.2, 0.25) is 0 Å². The van der Waals surface area contributed by atoms with E-state index in [4.69, 9.17) is 14.2 Å². The molecule has 7 heteroatoms. The Morgan fingerprint density at radius 1 is 0.642 bits per heavy atom. The number of hydrogen-bond donors (Lipinski definition) is 0. The van der Waals surface area contributed by atoms with Crippen molar-refractivity contribution >= 4 is 17.9 Å². The fourth-order valence-corrected chi connectivity index (χ4v) is 9.13. The molecule has 0 saturated heterocycles. The molecule has 2 fully saturated rings. The summed E-state index contributed by atoms with van der Waals surface area (Å²) in [5.41, 5.74) is 0.387. The van der Waals surface area contributed by atoms with Crippen LogP contribution in [0, 0.1) is 22.7 Å². The molecule has 2 bridgehead atoms. The van der Waals surface area contributed by atoms with Gasteiger partial charge in [0.1, 0.15) is 12.2 Å². The average molecular weight is 748 g/mol. The Labute approximate surface area is 327 Å². The maximum Gasteiger partial charge on any atom is 0.306 e. The van der Waals surface area contributed by atoms with Crippen molar-refractivity contribution in [3.8, 4) is 0 Å². The zero-order valence-electron chi connectivity index (χ0n) is 35.9. The monoisotopic (exact) mass is 748 g/mol. The van der Waals surface area contributed by atoms with E-state index < -0.39 is 0 Å².